The molecule has 5 nitrogen and oxygen atoms in total. The van der Waals surface area contributed by atoms with E-state index in [1.165, 1.54) is 0 Å². The third kappa shape index (κ3) is 5.63. The molecule has 0 saturated heterocycles. The van der Waals surface area contributed by atoms with E-state index in [4.69, 9.17) is 26.4 Å². The summed E-state index contributed by atoms with van der Waals surface area (Å²) in [5, 5.41) is 6.69. The average Bonchev–Trinajstić information content (AvgIpc) is 2.42. The van der Waals surface area contributed by atoms with Crippen LogP contribution in [0.15, 0.2) is 18.2 Å². The van der Waals surface area contributed by atoms with Gasteiger partial charge in [-0.05, 0) is 38.2 Å². The van der Waals surface area contributed by atoms with Gasteiger partial charge < -0.3 is 24.8 Å². The van der Waals surface area contributed by atoms with E-state index in [2.05, 4.69) is 10.6 Å². The second-order valence-electron chi connectivity index (χ2n) is 3.90. The van der Waals surface area contributed by atoms with Crippen molar-refractivity contribution in [3.8, 4) is 11.5 Å². The molecule has 20 heavy (non-hydrogen) atoms. The summed E-state index contributed by atoms with van der Waals surface area (Å²) in [7, 11) is 1.65. The molecule has 0 radical (unpaired) electrons. The lowest BCUT2D eigenvalue weighted by Gasteiger charge is -2.15. The zero-order valence-electron chi connectivity index (χ0n) is 12.2. The third-order valence-corrected chi connectivity index (χ3v) is 2.65. The molecule has 0 heterocycles. The van der Waals surface area contributed by atoms with Crippen LogP contribution in [0.3, 0.4) is 0 Å². The van der Waals surface area contributed by atoms with E-state index in [0.717, 1.165) is 17.2 Å². The van der Waals surface area contributed by atoms with Crippen LogP contribution in [-0.4, -0.2) is 38.6 Å². The molecule has 1 aromatic carbocycles. The predicted molar refractivity (Wildman–Crippen MR) is 84.9 cm³/mol. The van der Waals surface area contributed by atoms with Crippen molar-refractivity contribution in [3.05, 3.63) is 18.2 Å². The first-order valence-electron chi connectivity index (χ1n) is 6.64. The Balaban J connectivity index is 2.72. The number of anilines is 1. The van der Waals surface area contributed by atoms with Crippen LogP contribution in [0.25, 0.3) is 0 Å². The van der Waals surface area contributed by atoms with E-state index in [-0.39, 0.29) is 0 Å². The standard InChI is InChI=1S/C14H22N2O3S/c1-4-18-11-6-7-13(19-5-2)12(10-11)16-14(20)15-8-9-17-3/h6-7,10H,4-5,8-9H2,1-3H3,(H2,15,16,20). The van der Waals surface area contributed by atoms with Crippen molar-refractivity contribution in [2.45, 2.75) is 13.8 Å². The summed E-state index contributed by atoms with van der Waals surface area (Å²) in [5.74, 6) is 1.52. The van der Waals surface area contributed by atoms with Crippen LogP contribution in [0.4, 0.5) is 5.69 Å². The van der Waals surface area contributed by atoms with Crippen LogP contribution >= 0.6 is 12.2 Å². The Morgan fingerprint density at radius 1 is 1.20 bits per heavy atom. The van der Waals surface area contributed by atoms with Crippen molar-refractivity contribution < 1.29 is 14.2 Å². The lowest BCUT2D eigenvalue weighted by Crippen LogP contribution is -2.31. The number of benzene rings is 1. The van der Waals surface area contributed by atoms with Gasteiger partial charge in [0.05, 0.1) is 25.5 Å². The zero-order valence-corrected chi connectivity index (χ0v) is 13.0. The molecular formula is C14H22N2O3S. The van der Waals surface area contributed by atoms with Crippen molar-refractivity contribution >= 4 is 23.0 Å². The Morgan fingerprint density at radius 3 is 2.60 bits per heavy atom. The highest BCUT2D eigenvalue weighted by atomic mass is 32.1. The summed E-state index contributed by atoms with van der Waals surface area (Å²) in [6.45, 7) is 6.34. The minimum Gasteiger partial charge on any atom is -0.494 e. The lowest BCUT2D eigenvalue weighted by atomic mass is 10.2. The van der Waals surface area contributed by atoms with Gasteiger partial charge in [0.15, 0.2) is 5.11 Å². The first kappa shape index (κ1) is 16.5. The fourth-order valence-corrected chi connectivity index (χ4v) is 1.79. The topological polar surface area (TPSA) is 51.8 Å². The second kappa shape index (κ2) is 9.39. The Bertz CT molecular complexity index is 427. The summed E-state index contributed by atoms with van der Waals surface area (Å²) in [5.41, 5.74) is 0.785. The maximum atomic E-state index is 5.57. The van der Waals surface area contributed by atoms with Gasteiger partial charge in [-0.3, -0.25) is 0 Å². The second-order valence-corrected chi connectivity index (χ2v) is 4.31. The van der Waals surface area contributed by atoms with Crippen LogP contribution in [0.2, 0.25) is 0 Å². The van der Waals surface area contributed by atoms with Gasteiger partial charge in [0.2, 0.25) is 0 Å². The van der Waals surface area contributed by atoms with Crippen LogP contribution in [-0.2, 0) is 4.74 Å². The molecule has 0 atom stereocenters. The Morgan fingerprint density at radius 2 is 1.95 bits per heavy atom. The van der Waals surface area contributed by atoms with Gasteiger partial charge in [-0.25, -0.2) is 0 Å². The highest BCUT2D eigenvalue weighted by Gasteiger charge is 2.07. The Labute approximate surface area is 125 Å². The number of hydrogen-bond acceptors (Lipinski definition) is 4. The molecule has 112 valence electrons. The summed E-state index contributed by atoms with van der Waals surface area (Å²) in [6, 6.07) is 5.62. The minimum absolute atomic E-state index is 0.525. The van der Waals surface area contributed by atoms with E-state index in [1.54, 1.807) is 7.11 Å². The summed E-state index contributed by atoms with van der Waals surface area (Å²) < 4.78 is 16.0. The monoisotopic (exact) mass is 298 g/mol. The summed E-state index contributed by atoms with van der Waals surface area (Å²) in [6.07, 6.45) is 0. The minimum atomic E-state index is 0.525. The van der Waals surface area contributed by atoms with Crippen molar-refractivity contribution in [1.82, 2.24) is 5.32 Å². The van der Waals surface area contributed by atoms with E-state index < -0.39 is 0 Å². The van der Waals surface area contributed by atoms with Gasteiger partial charge in [0.25, 0.3) is 0 Å². The molecule has 0 saturated carbocycles. The first-order valence-corrected chi connectivity index (χ1v) is 7.05. The van der Waals surface area contributed by atoms with Gasteiger partial charge >= 0.3 is 0 Å². The molecule has 0 aliphatic heterocycles. The zero-order chi connectivity index (χ0) is 14.8. The lowest BCUT2D eigenvalue weighted by molar-refractivity contribution is 0.204. The smallest absolute Gasteiger partial charge is 0.170 e. The molecule has 6 heteroatoms. The Hall–Kier alpha value is -1.53. The normalized spacial score (nSPS) is 9.95. The molecule has 0 aliphatic rings. The number of rotatable bonds is 8. The average molecular weight is 298 g/mol. The van der Waals surface area contributed by atoms with Gasteiger partial charge in [0.1, 0.15) is 11.5 Å². The molecule has 1 rings (SSSR count). The van der Waals surface area contributed by atoms with Gasteiger partial charge in [0, 0.05) is 19.7 Å². The number of thiocarbonyl (C=S) groups is 1. The fourth-order valence-electron chi connectivity index (χ4n) is 1.58. The molecule has 2 N–H and O–H groups in total. The molecule has 0 aromatic heterocycles. The van der Waals surface area contributed by atoms with Crippen molar-refractivity contribution in [2.75, 3.05) is 38.8 Å². The molecule has 0 amide bonds. The molecule has 0 fully saturated rings. The third-order valence-electron chi connectivity index (χ3n) is 2.40. The molecule has 0 bridgehead atoms. The Kier molecular flexibility index (Phi) is 7.75. The van der Waals surface area contributed by atoms with E-state index in [9.17, 15) is 0 Å². The van der Waals surface area contributed by atoms with E-state index in [1.807, 2.05) is 32.0 Å². The molecule has 1 aromatic rings. The van der Waals surface area contributed by atoms with E-state index in [0.29, 0.717) is 31.5 Å². The molecular weight excluding hydrogens is 276 g/mol. The van der Waals surface area contributed by atoms with Gasteiger partial charge in [-0.2, -0.15) is 0 Å². The van der Waals surface area contributed by atoms with Crippen molar-refractivity contribution in [1.29, 1.82) is 0 Å². The summed E-state index contributed by atoms with van der Waals surface area (Å²) >= 11 is 5.23. The number of nitrogens with one attached hydrogen (secondary N) is 2. The largest absolute Gasteiger partial charge is 0.494 e. The molecule has 0 aliphatic carbocycles. The van der Waals surface area contributed by atoms with E-state index >= 15 is 0 Å². The maximum absolute atomic E-state index is 5.57. The number of hydrogen-bond donors (Lipinski definition) is 2. The van der Waals surface area contributed by atoms with Crippen LogP contribution in [0, 0.1) is 0 Å². The van der Waals surface area contributed by atoms with Gasteiger partial charge in [-0.15, -0.1) is 0 Å². The first-order chi connectivity index (χ1) is 9.71. The number of methoxy groups -OCH3 is 1. The van der Waals surface area contributed by atoms with Gasteiger partial charge in [-0.1, -0.05) is 0 Å². The summed E-state index contributed by atoms with van der Waals surface area (Å²) in [4.78, 5) is 0. The number of ether oxygens (including phenoxy) is 3. The molecule has 0 spiro atoms. The van der Waals surface area contributed by atoms with Crippen molar-refractivity contribution in [3.63, 3.8) is 0 Å². The van der Waals surface area contributed by atoms with Crippen molar-refractivity contribution in [2.24, 2.45) is 0 Å². The highest BCUT2D eigenvalue weighted by Crippen LogP contribution is 2.29. The SMILES string of the molecule is CCOc1ccc(OCC)c(NC(=S)NCCOC)c1. The van der Waals surface area contributed by atoms with Crippen LogP contribution in [0.5, 0.6) is 11.5 Å². The van der Waals surface area contributed by atoms with Crippen LogP contribution in [0.1, 0.15) is 13.8 Å². The quantitative estimate of drug-likeness (QED) is 0.568. The fraction of sp³-hybridized carbons (Fsp3) is 0.500. The molecule has 0 unspecified atom stereocenters. The predicted octanol–water partition coefficient (Wildman–Crippen LogP) is 2.42. The maximum Gasteiger partial charge on any atom is 0.170 e. The highest BCUT2D eigenvalue weighted by molar-refractivity contribution is 7.80. The van der Waals surface area contributed by atoms with Crippen LogP contribution < -0.4 is 20.1 Å².